The molecule has 20 heavy (non-hydrogen) atoms. The lowest BCUT2D eigenvalue weighted by Gasteiger charge is -2.22. The Morgan fingerprint density at radius 3 is 2.65 bits per heavy atom. The van der Waals surface area contributed by atoms with Crippen molar-refractivity contribution < 1.29 is 24.0 Å². The van der Waals surface area contributed by atoms with Crippen LogP contribution in [0.3, 0.4) is 0 Å². The second kappa shape index (κ2) is 6.04. The zero-order chi connectivity index (χ0) is 14.7. The fourth-order valence-corrected chi connectivity index (χ4v) is 2.30. The van der Waals surface area contributed by atoms with E-state index >= 15 is 0 Å². The molecule has 110 valence electrons. The van der Waals surface area contributed by atoms with Crippen molar-refractivity contribution >= 4 is 11.9 Å². The molecule has 2 N–H and O–H groups in total. The van der Waals surface area contributed by atoms with Gasteiger partial charge in [-0.05, 0) is 26.7 Å². The molecule has 0 saturated carbocycles. The lowest BCUT2D eigenvalue weighted by molar-refractivity contribution is -0.128. The van der Waals surface area contributed by atoms with E-state index in [2.05, 4.69) is 10.5 Å². The molecule has 2 rings (SSSR count). The first kappa shape index (κ1) is 14.5. The minimum absolute atomic E-state index is 0.0183. The van der Waals surface area contributed by atoms with Gasteiger partial charge in [0.25, 0.3) is 0 Å². The van der Waals surface area contributed by atoms with E-state index in [1.165, 1.54) is 0 Å². The van der Waals surface area contributed by atoms with Crippen molar-refractivity contribution in [3.05, 3.63) is 17.0 Å². The zero-order valence-corrected chi connectivity index (χ0v) is 11.5. The lowest BCUT2D eigenvalue weighted by atomic mass is 9.98. The van der Waals surface area contributed by atoms with Gasteiger partial charge in [-0.2, -0.15) is 0 Å². The number of aromatic carboxylic acids is 1. The highest BCUT2D eigenvalue weighted by molar-refractivity contribution is 5.90. The summed E-state index contributed by atoms with van der Waals surface area (Å²) in [5.74, 6) is -1.13. The number of rotatable bonds is 4. The van der Waals surface area contributed by atoms with E-state index in [0.717, 1.165) is 0 Å². The number of carbonyl (C=O) groups excluding carboxylic acids is 1. The van der Waals surface area contributed by atoms with Gasteiger partial charge in [0.1, 0.15) is 5.56 Å². The van der Waals surface area contributed by atoms with Crippen molar-refractivity contribution in [3.63, 3.8) is 0 Å². The molecule has 1 unspecified atom stereocenters. The van der Waals surface area contributed by atoms with Gasteiger partial charge in [0, 0.05) is 19.1 Å². The number of aryl methyl sites for hydroxylation is 1. The third-order valence-corrected chi connectivity index (χ3v) is 3.45. The number of carboxylic acids is 1. The fraction of sp³-hybridized carbons (Fsp3) is 0.615. The number of amides is 1. The van der Waals surface area contributed by atoms with Gasteiger partial charge in [-0.3, -0.25) is 4.79 Å². The summed E-state index contributed by atoms with van der Waals surface area (Å²) in [6.07, 6.45) is 1.36. The van der Waals surface area contributed by atoms with Crippen LogP contribution in [0.15, 0.2) is 4.52 Å². The van der Waals surface area contributed by atoms with Crippen molar-refractivity contribution in [3.8, 4) is 0 Å². The Morgan fingerprint density at radius 1 is 1.40 bits per heavy atom. The summed E-state index contributed by atoms with van der Waals surface area (Å²) >= 11 is 0. The molecule has 1 aromatic heterocycles. The van der Waals surface area contributed by atoms with Gasteiger partial charge in [0.15, 0.2) is 5.76 Å². The Labute approximate surface area is 116 Å². The third-order valence-electron chi connectivity index (χ3n) is 3.45. The maximum absolute atomic E-state index is 12.1. The standard InChI is InChI=1S/C13H18N2O5/c1-7-10(13(17)18)11(20-15-7)8(2)14-12(16)9-3-5-19-6-4-9/h8-9H,3-6H2,1-2H3,(H,14,16)(H,17,18). The summed E-state index contributed by atoms with van der Waals surface area (Å²) < 4.78 is 10.2. The first-order valence-electron chi connectivity index (χ1n) is 6.58. The topological polar surface area (TPSA) is 102 Å². The fourth-order valence-electron chi connectivity index (χ4n) is 2.30. The number of ether oxygens (including phenoxy) is 1. The largest absolute Gasteiger partial charge is 0.477 e. The molecule has 7 nitrogen and oxygen atoms in total. The van der Waals surface area contributed by atoms with Crippen LogP contribution >= 0.6 is 0 Å². The number of hydrogen-bond acceptors (Lipinski definition) is 5. The number of nitrogens with zero attached hydrogens (tertiary/aromatic N) is 1. The van der Waals surface area contributed by atoms with Crippen LogP contribution in [0.4, 0.5) is 0 Å². The van der Waals surface area contributed by atoms with Crippen LogP contribution in [0.2, 0.25) is 0 Å². The molecule has 1 aliphatic heterocycles. The summed E-state index contributed by atoms with van der Waals surface area (Å²) in [5.41, 5.74) is 0.324. The molecular weight excluding hydrogens is 264 g/mol. The van der Waals surface area contributed by atoms with Gasteiger partial charge >= 0.3 is 5.97 Å². The van der Waals surface area contributed by atoms with Gasteiger partial charge < -0.3 is 19.7 Å². The maximum Gasteiger partial charge on any atom is 0.341 e. The van der Waals surface area contributed by atoms with E-state index in [1.54, 1.807) is 13.8 Å². The summed E-state index contributed by atoms with van der Waals surface area (Å²) in [5, 5.41) is 15.6. The predicted molar refractivity (Wildman–Crippen MR) is 68.3 cm³/mol. The Kier molecular flexibility index (Phi) is 4.39. The van der Waals surface area contributed by atoms with Crippen molar-refractivity contribution in [1.82, 2.24) is 10.5 Å². The van der Waals surface area contributed by atoms with E-state index in [4.69, 9.17) is 14.4 Å². The highest BCUT2D eigenvalue weighted by Gasteiger charge is 2.28. The first-order chi connectivity index (χ1) is 9.50. The summed E-state index contributed by atoms with van der Waals surface area (Å²) in [6.45, 7) is 4.40. The monoisotopic (exact) mass is 282 g/mol. The normalized spacial score (nSPS) is 17.7. The molecular formula is C13H18N2O5. The maximum atomic E-state index is 12.1. The summed E-state index contributed by atoms with van der Waals surface area (Å²) in [4.78, 5) is 23.3. The van der Waals surface area contributed by atoms with Gasteiger partial charge in [-0.15, -0.1) is 0 Å². The van der Waals surface area contributed by atoms with E-state index in [-0.39, 0.29) is 23.1 Å². The number of hydrogen-bond donors (Lipinski definition) is 2. The number of nitrogens with one attached hydrogen (secondary N) is 1. The van der Waals surface area contributed by atoms with Crippen LogP contribution in [0.1, 0.15) is 47.6 Å². The minimum Gasteiger partial charge on any atom is -0.477 e. The molecule has 1 aromatic rings. The minimum atomic E-state index is -1.11. The molecule has 0 aromatic carbocycles. The van der Waals surface area contributed by atoms with Crippen molar-refractivity contribution in [2.45, 2.75) is 32.7 Å². The smallest absolute Gasteiger partial charge is 0.341 e. The molecule has 0 spiro atoms. The molecule has 1 amide bonds. The van der Waals surface area contributed by atoms with Crippen LogP contribution in [-0.2, 0) is 9.53 Å². The zero-order valence-electron chi connectivity index (χ0n) is 11.5. The van der Waals surface area contributed by atoms with Crippen LogP contribution in [0, 0.1) is 12.8 Å². The van der Waals surface area contributed by atoms with Gasteiger partial charge in [-0.1, -0.05) is 5.16 Å². The molecule has 1 aliphatic rings. The Hall–Kier alpha value is -1.89. The summed E-state index contributed by atoms with van der Waals surface area (Å²) in [7, 11) is 0. The van der Waals surface area contributed by atoms with Gasteiger partial charge in [0.2, 0.25) is 5.91 Å². The number of aromatic nitrogens is 1. The highest BCUT2D eigenvalue weighted by atomic mass is 16.5. The number of carboxylic acid groups (broad SMARTS) is 1. The third kappa shape index (κ3) is 2.98. The van der Waals surface area contributed by atoms with Crippen LogP contribution in [0.25, 0.3) is 0 Å². The van der Waals surface area contributed by atoms with E-state index in [1.807, 2.05) is 0 Å². The van der Waals surface area contributed by atoms with Crippen molar-refractivity contribution in [2.24, 2.45) is 5.92 Å². The van der Waals surface area contributed by atoms with Crippen LogP contribution in [0.5, 0.6) is 0 Å². The van der Waals surface area contributed by atoms with Crippen LogP contribution < -0.4 is 5.32 Å². The van der Waals surface area contributed by atoms with Crippen LogP contribution in [-0.4, -0.2) is 35.4 Å². The number of carbonyl (C=O) groups is 2. The average Bonchev–Trinajstić information content (AvgIpc) is 2.81. The predicted octanol–water partition coefficient (Wildman–Crippen LogP) is 1.29. The van der Waals surface area contributed by atoms with E-state index in [9.17, 15) is 9.59 Å². The highest BCUT2D eigenvalue weighted by Crippen LogP contribution is 2.22. The van der Waals surface area contributed by atoms with Crippen molar-refractivity contribution in [2.75, 3.05) is 13.2 Å². The van der Waals surface area contributed by atoms with Gasteiger partial charge in [0.05, 0.1) is 11.7 Å². The summed E-state index contributed by atoms with van der Waals surface area (Å²) in [6, 6.07) is -0.530. The average molecular weight is 282 g/mol. The molecule has 2 heterocycles. The van der Waals surface area contributed by atoms with E-state index < -0.39 is 12.0 Å². The molecule has 0 aliphatic carbocycles. The van der Waals surface area contributed by atoms with Gasteiger partial charge in [-0.25, -0.2) is 4.79 Å². The second-order valence-electron chi connectivity index (χ2n) is 4.93. The molecule has 1 saturated heterocycles. The molecule has 7 heteroatoms. The quantitative estimate of drug-likeness (QED) is 0.862. The Balaban J connectivity index is 2.06. The molecule has 0 bridgehead atoms. The molecule has 1 atom stereocenters. The molecule has 0 radical (unpaired) electrons. The van der Waals surface area contributed by atoms with E-state index in [0.29, 0.717) is 31.7 Å². The molecule has 1 fully saturated rings. The van der Waals surface area contributed by atoms with Crippen molar-refractivity contribution in [1.29, 1.82) is 0 Å². The SMILES string of the molecule is Cc1noc(C(C)NC(=O)C2CCOCC2)c1C(=O)O. The Bertz CT molecular complexity index is 505. The second-order valence-corrected chi connectivity index (χ2v) is 4.93. The first-order valence-corrected chi connectivity index (χ1v) is 6.58. The Morgan fingerprint density at radius 2 is 2.05 bits per heavy atom. The lowest BCUT2D eigenvalue weighted by Crippen LogP contribution is -2.36.